The lowest BCUT2D eigenvalue weighted by atomic mass is 9.92. The van der Waals surface area contributed by atoms with E-state index in [4.69, 9.17) is 4.74 Å². The van der Waals surface area contributed by atoms with E-state index in [2.05, 4.69) is 59.7 Å². The summed E-state index contributed by atoms with van der Waals surface area (Å²) in [6.07, 6.45) is 0.807. The molecule has 5 nitrogen and oxygen atoms in total. The van der Waals surface area contributed by atoms with Gasteiger partial charge < -0.3 is 19.9 Å². The molecule has 1 aromatic heterocycles. The third kappa shape index (κ3) is 3.42. The van der Waals surface area contributed by atoms with Crippen molar-refractivity contribution in [2.75, 3.05) is 19.0 Å². The van der Waals surface area contributed by atoms with Gasteiger partial charge in [0.25, 0.3) is 0 Å². The van der Waals surface area contributed by atoms with Gasteiger partial charge in [-0.25, -0.2) is 4.79 Å². The van der Waals surface area contributed by atoms with Crippen LogP contribution in [-0.2, 0) is 6.42 Å². The predicted octanol–water partition coefficient (Wildman–Crippen LogP) is 5.66. The average molecular weight is 412 g/mol. The molecule has 2 heterocycles. The molecule has 5 heteroatoms. The highest BCUT2D eigenvalue weighted by Crippen LogP contribution is 2.39. The summed E-state index contributed by atoms with van der Waals surface area (Å²) in [5, 5.41) is 4.29. The van der Waals surface area contributed by atoms with E-state index in [0.29, 0.717) is 18.0 Å². The largest absolute Gasteiger partial charge is 0.495 e. The van der Waals surface area contributed by atoms with E-state index in [1.54, 1.807) is 7.11 Å². The highest BCUT2D eigenvalue weighted by atomic mass is 16.5. The van der Waals surface area contributed by atoms with Crippen LogP contribution in [0.4, 0.5) is 10.5 Å². The number of para-hydroxylation sites is 3. The fourth-order valence-corrected chi connectivity index (χ4v) is 4.49. The topological polar surface area (TPSA) is 57.4 Å². The van der Waals surface area contributed by atoms with Gasteiger partial charge in [-0.1, -0.05) is 60.2 Å². The zero-order chi connectivity index (χ0) is 21.4. The summed E-state index contributed by atoms with van der Waals surface area (Å²) in [4.78, 5) is 19.0. The summed E-state index contributed by atoms with van der Waals surface area (Å²) in [5.41, 5.74) is 6.44. The molecule has 5 rings (SSSR count). The number of aromatic amines is 1. The molecule has 0 spiro atoms. The Balaban J connectivity index is 1.57. The number of H-pyrrole nitrogens is 1. The van der Waals surface area contributed by atoms with Crippen molar-refractivity contribution in [3.63, 3.8) is 0 Å². The Hall–Kier alpha value is -3.73. The number of nitrogens with zero attached hydrogens (tertiary/aromatic N) is 1. The third-order valence-corrected chi connectivity index (χ3v) is 6.04. The molecule has 0 fully saturated rings. The second-order valence-corrected chi connectivity index (χ2v) is 7.95. The van der Waals surface area contributed by atoms with Crippen LogP contribution in [0.5, 0.6) is 5.75 Å². The van der Waals surface area contributed by atoms with Gasteiger partial charge in [-0.05, 0) is 42.7 Å². The Bertz CT molecular complexity index is 1240. The first-order valence-corrected chi connectivity index (χ1v) is 10.5. The number of benzene rings is 3. The Kier molecular flexibility index (Phi) is 4.86. The number of hydrogen-bond donors (Lipinski definition) is 2. The third-order valence-electron chi connectivity index (χ3n) is 6.04. The van der Waals surface area contributed by atoms with Crippen LogP contribution < -0.4 is 10.1 Å². The Labute approximate surface area is 181 Å². The first-order chi connectivity index (χ1) is 15.2. The SMILES string of the molecule is COc1ccccc1NC(=O)N1CCc2c([nH]c3ccccc23)[C@H]1c1ccc(C)cc1. The molecular formula is C26H25N3O2. The smallest absolute Gasteiger partial charge is 0.322 e. The molecule has 1 aliphatic rings. The molecule has 0 unspecified atom stereocenters. The van der Waals surface area contributed by atoms with E-state index in [1.807, 2.05) is 35.2 Å². The molecule has 0 bridgehead atoms. The van der Waals surface area contributed by atoms with Crippen molar-refractivity contribution in [2.24, 2.45) is 0 Å². The molecule has 1 aliphatic heterocycles. The number of hydrogen-bond acceptors (Lipinski definition) is 2. The second kappa shape index (κ2) is 7.84. The molecule has 31 heavy (non-hydrogen) atoms. The van der Waals surface area contributed by atoms with Gasteiger partial charge in [0.2, 0.25) is 0 Å². The number of urea groups is 1. The van der Waals surface area contributed by atoms with Gasteiger partial charge in [-0.2, -0.15) is 0 Å². The van der Waals surface area contributed by atoms with E-state index < -0.39 is 0 Å². The van der Waals surface area contributed by atoms with Gasteiger partial charge in [0.05, 0.1) is 18.8 Å². The molecular weight excluding hydrogens is 386 g/mol. The van der Waals surface area contributed by atoms with Crippen LogP contribution in [0.15, 0.2) is 72.8 Å². The van der Waals surface area contributed by atoms with Crippen molar-refractivity contribution in [3.8, 4) is 5.75 Å². The molecule has 156 valence electrons. The molecule has 2 amide bonds. The van der Waals surface area contributed by atoms with Crippen molar-refractivity contribution in [1.82, 2.24) is 9.88 Å². The van der Waals surface area contributed by atoms with Crippen LogP contribution in [0.25, 0.3) is 10.9 Å². The van der Waals surface area contributed by atoms with Crippen molar-refractivity contribution in [3.05, 3.63) is 95.2 Å². The number of amides is 2. The van der Waals surface area contributed by atoms with Crippen LogP contribution in [0.3, 0.4) is 0 Å². The van der Waals surface area contributed by atoms with Gasteiger partial charge in [0, 0.05) is 23.1 Å². The van der Waals surface area contributed by atoms with Gasteiger partial charge in [0.1, 0.15) is 5.75 Å². The number of anilines is 1. The standard InChI is InChI=1S/C26H25N3O2/c1-17-11-13-18(14-12-17)25-24-20(19-7-3-4-8-21(19)27-24)15-16-29(25)26(30)28-22-9-5-6-10-23(22)31-2/h3-14,25,27H,15-16H2,1-2H3,(H,28,30)/t25-/m1/s1. The molecule has 4 aromatic rings. The number of methoxy groups -OCH3 is 1. The molecule has 0 saturated heterocycles. The van der Waals surface area contributed by atoms with Gasteiger partial charge in [0.15, 0.2) is 0 Å². The number of rotatable bonds is 3. The van der Waals surface area contributed by atoms with Gasteiger partial charge in [-0.3, -0.25) is 0 Å². The van der Waals surface area contributed by atoms with Crippen LogP contribution in [-0.4, -0.2) is 29.6 Å². The quantitative estimate of drug-likeness (QED) is 0.457. The van der Waals surface area contributed by atoms with Crippen LogP contribution in [0.2, 0.25) is 0 Å². The molecule has 0 aliphatic carbocycles. The van der Waals surface area contributed by atoms with Crippen LogP contribution >= 0.6 is 0 Å². The fraction of sp³-hybridized carbons (Fsp3) is 0.192. The van der Waals surface area contributed by atoms with E-state index in [0.717, 1.165) is 23.2 Å². The number of aromatic nitrogens is 1. The number of carbonyl (C=O) groups excluding carboxylic acids is 1. The normalized spacial score (nSPS) is 15.5. The maximum Gasteiger partial charge on any atom is 0.322 e. The van der Waals surface area contributed by atoms with E-state index in [1.165, 1.54) is 16.5 Å². The lowest BCUT2D eigenvalue weighted by molar-refractivity contribution is 0.193. The van der Waals surface area contributed by atoms with Crippen molar-refractivity contribution in [1.29, 1.82) is 0 Å². The van der Waals surface area contributed by atoms with Gasteiger partial charge in [-0.15, -0.1) is 0 Å². The van der Waals surface area contributed by atoms with Crippen molar-refractivity contribution < 1.29 is 9.53 Å². The minimum absolute atomic E-state index is 0.139. The maximum atomic E-state index is 13.5. The highest BCUT2D eigenvalue weighted by molar-refractivity contribution is 5.92. The summed E-state index contributed by atoms with van der Waals surface area (Å²) < 4.78 is 5.41. The second-order valence-electron chi connectivity index (χ2n) is 7.95. The summed E-state index contributed by atoms with van der Waals surface area (Å²) in [6, 6.07) is 23.9. The van der Waals surface area contributed by atoms with E-state index in [-0.39, 0.29) is 12.1 Å². The zero-order valence-electron chi connectivity index (χ0n) is 17.7. The minimum atomic E-state index is -0.188. The summed E-state index contributed by atoms with van der Waals surface area (Å²) in [6.45, 7) is 2.71. The average Bonchev–Trinajstić information content (AvgIpc) is 3.18. The van der Waals surface area contributed by atoms with Crippen LogP contribution in [0, 0.1) is 6.92 Å². The van der Waals surface area contributed by atoms with E-state index in [9.17, 15) is 4.79 Å². The number of fused-ring (bicyclic) bond motifs is 3. The fourth-order valence-electron chi connectivity index (χ4n) is 4.49. The van der Waals surface area contributed by atoms with Crippen molar-refractivity contribution >= 4 is 22.6 Å². The zero-order valence-corrected chi connectivity index (χ0v) is 17.7. The first kappa shape index (κ1) is 19.2. The van der Waals surface area contributed by atoms with Gasteiger partial charge >= 0.3 is 6.03 Å². The number of carbonyl (C=O) groups is 1. The van der Waals surface area contributed by atoms with Crippen LogP contribution in [0.1, 0.15) is 28.4 Å². The molecule has 2 N–H and O–H groups in total. The Morgan fingerprint density at radius 2 is 1.77 bits per heavy atom. The molecule has 0 radical (unpaired) electrons. The minimum Gasteiger partial charge on any atom is -0.495 e. The molecule has 1 atom stereocenters. The highest BCUT2D eigenvalue weighted by Gasteiger charge is 2.34. The lowest BCUT2D eigenvalue weighted by Gasteiger charge is -2.36. The Morgan fingerprint density at radius 1 is 1.03 bits per heavy atom. The molecule has 0 saturated carbocycles. The lowest BCUT2D eigenvalue weighted by Crippen LogP contribution is -2.43. The summed E-state index contributed by atoms with van der Waals surface area (Å²) in [5.74, 6) is 0.644. The summed E-state index contributed by atoms with van der Waals surface area (Å²) in [7, 11) is 1.61. The molecule has 3 aromatic carbocycles. The summed E-state index contributed by atoms with van der Waals surface area (Å²) >= 11 is 0. The predicted molar refractivity (Wildman–Crippen MR) is 124 cm³/mol. The number of aryl methyl sites for hydroxylation is 1. The number of nitrogens with one attached hydrogen (secondary N) is 2. The Morgan fingerprint density at radius 3 is 2.58 bits per heavy atom. The monoisotopic (exact) mass is 411 g/mol. The van der Waals surface area contributed by atoms with Crippen molar-refractivity contribution in [2.45, 2.75) is 19.4 Å². The maximum absolute atomic E-state index is 13.5. The first-order valence-electron chi connectivity index (χ1n) is 10.5. The van der Waals surface area contributed by atoms with E-state index >= 15 is 0 Å². The number of ether oxygens (including phenoxy) is 1.